The Morgan fingerprint density at radius 3 is 2.14 bits per heavy atom. The van der Waals surface area contributed by atoms with Crippen LogP contribution < -0.4 is 5.32 Å². The van der Waals surface area contributed by atoms with Gasteiger partial charge in [-0.2, -0.15) is 0 Å². The van der Waals surface area contributed by atoms with Gasteiger partial charge in [0.05, 0.1) is 6.20 Å². The Labute approximate surface area is 127 Å². The number of oxazole rings is 1. The van der Waals surface area contributed by atoms with E-state index >= 15 is 0 Å². The van der Waals surface area contributed by atoms with E-state index in [4.69, 9.17) is 8.84 Å². The molecule has 2 atom stereocenters. The molecule has 0 spiro atoms. The number of carbonyl (C=O) groups is 1. The quantitative estimate of drug-likeness (QED) is 0.646. The second-order valence-corrected chi connectivity index (χ2v) is 12.1. The van der Waals surface area contributed by atoms with Crippen molar-refractivity contribution in [3.8, 4) is 0 Å². The molecular weight excluding hydrogens is 284 g/mol. The van der Waals surface area contributed by atoms with Gasteiger partial charge in [-0.05, 0) is 16.6 Å². The van der Waals surface area contributed by atoms with Gasteiger partial charge in [0.25, 0.3) is 5.91 Å². The summed E-state index contributed by atoms with van der Waals surface area (Å²) < 4.78 is 11.9. The molecule has 1 fully saturated rings. The summed E-state index contributed by atoms with van der Waals surface area (Å²) >= 11 is 0. The monoisotopic (exact) mass is 310 g/mol. The van der Waals surface area contributed by atoms with Crippen LogP contribution in [0, 0.1) is 0 Å². The van der Waals surface area contributed by atoms with Crippen LogP contribution in [0.5, 0.6) is 0 Å². The number of nitrogens with zero attached hydrogens (tertiary/aromatic N) is 1. The Morgan fingerprint density at radius 2 is 1.76 bits per heavy atom. The number of aromatic nitrogens is 1. The van der Waals surface area contributed by atoms with E-state index < -0.39 is 14.4 Å². The van der Waals surface area contributed by atoms with Gasteiger partial charge in [0.1, 0.15) is 12.3 Å². The fraction of sp³-hybridized carbons (Fsp3) is 0.733. The molecule has 1 aromatic heterocycles. The normalized spacial score (nSPS) is 22.8. The van der Waals surface area contributed by atoms with Gasteiger partial charge in [-0.3, -0.25) is 4.79 Å². The summed E-state index contributed by atoms with van der Waals surface area (Å²) in [5.74, 6) is 0.468. The van der Waals surface area contributed by atoms with E-state index in [-0.39, 0.29) is 11.9 Å². The molecule has 0 bridgehead atoms. The summed E-state index contributed by atoms with van der Waals surface area (Å²) in [6, 6.07) is -0.254. The molecule has 2 heterocycles. The van der Waals surface area contributed by atoms with Gasteiger partial charge in [-0.25, -0.2) is 4.98 Å². The molecule has 2 rings (SSSR count). The number of β-lactam (4-membered cyclic amide) rings is 1. The maximum absolute atomic E-state index is 12.0. The summed E-state index contributed by atoms with van der Waals surface area (Å²) in [6.07, 6.45) is 2.64. The zero-order valence-electron chi connectivity index (χ0n) is 13.7. The minimum absolute atomic E-state index is 0.0583. The summed E-state index contributed by atoms with van der Waals surface area (Å²) in [6.45, 7) is 13.3. The largest absolute Gasteiger partial charge is 0.447 e. The molecule has 0 saturated carbocycles. The molecule has 21 heavy (non-hydrogen) atoms. The van der Waals surface area contributed by atoms with Crippen molar-refractivity contribution in [2.24, 2.45) is 0 Å². The number of hydrogen-bond donors (Lipinski definition) is 1. The molecule has 0 aromatic carbocycles. The summed E-state index contributed by atoms with van der Waals surface area (Å²) in [5, 5.41) is 2.84. The highest BCUT2D eigenvalue weighted by Gasteiger charge is 2.53. The van der Waals surface area contributed by atoms with Crippen molar-refractivity contribution >= 4 is 14.2 Å². The lowest BCUT2D eigenvalue weighted by atomic mass is 10.0. The third kappa shape index (κ3) is 2.66. The first-order chi connectivity index (χ1) is 9.80. The van der Waals surface area contributed by atoms with Crippen molar-refractivity contribution in [2.45, 2.75) is 70.3 Å². The minimum Gasteiger partial charge on any atom is -0.447 e. The first kappa shape index (κ1) is 16.2. The van der Waals surface area contributed by atoms with E-state index in [1.165, 1.54) is 6.26 Å². The Bertz CT molecular complexity index is 463. The second kappa shape index (κ2) is 5.92. The molecule has 0 radical (unpaired) electrons. The van der Waals surface area contributed by atoms with Crippen LogP contribution in [0.25, 0.3) is 0 Å². The van der Waals surface area contributed by atoms with Gasteiger partial charge in [0.2, 0.25) is 14.2 Å². The van der Waals surface area contributed by atoms with Crippen molar-refractivity contribution in [2.75, 3.05) is 0 Å². The van der Waals surface area contributed by atoms with Crippen LogP contribution >= 0.6 is 0 Å². The Kier molecular flexibility index (Phi) is 4.58. The maximum atomic E-state index is 12.0. The zero-order valence-corrected chi connectivity index (χ0v) is 14.7. The third-order valence-corrected chi connectivity index (χ3v) is 10.7. The fourth-order valence-corrected chi connectivity index (χ4v) is 9.19. The third-order valence-electron chi connectivity index (χ3n) is 4.61. The number of nitrogens with one attached hydrogen (secondary N) is 1. The smallest absolute Gasteiger partial charge is 0.251 e. The van der Waals surface area contributed by atoms with E-state index in [1.807, 2.05) is 0 Å². The predicted molar refractivity (Wildman–Crippen MR) is 83.3 cm³/mol. The lowest BCUT2D eigenvalue weighted by Crippen LogP contribution is -2.63. The number of rotatable bonds is 6. The minimum atomic E-state index is -2.09. The Morgan fingerprint density at radius 1 is 1.19 bits per heavy atom. The SMILES string of the molecule is CC(C)[Si](O[C@H]1C(=O)N[C@H]1c1ncco1)(C(C)C)C(C)C. The van der Waals surface area contributed by atoms with Crippen LogP contribution in [0.3, 0.4) is 0 Å². The van der Waals surface area contributed by atoms with Crippen LogP contribution in [-0.4, -0.2) is 25.3 Å². The van der Waals surface area contributed by atoms with Crippen LogP contribution in [0.2, 0.25) is 16.6 Å². The summed E-state index contributed by atoms with van der Waals surface area (Å²) in [4.78, 5) is 16.1. The molecule has 0 unspecified atom stereocenters. The summed E-state index contributed by atoms with van der Waals surface area (Å²) in [7, 11) is -2.09. The highest BCUT2D eigenvalue weighted by Crippen LogP contribution is 2.45. The standard InChI is InChI=1S/C15H26N2O3Si/c1-9(2)21(10(3)4,11(5)6)20-13-12(17-14(13)18)15-16-7-8-19-15/h7-13H,1-6H3,(H,17,18)/t12-,13-/m1/s1. The van der Waals surface area contributed by atoms with E-state index in [0.717, 1.165) is 0 Å². The molecule has 1 amide bonds. The Balaban J connectivity index is 2.25. The molecular formula is C15H26N2O3Si. The molecule has 118 valence electrons. The molecule has 1 aromatic rings. The van der Waals surface area contributed by atoms with Crippen molar-refractivity contribution in [1.29, 1.82) is 0 Å². The van der Waals surface area contributed by atoms with Gasteiger partial charge in [-0.1, -0.05) is 41.5 Å². The summed E-state index contributed by atoms with van der Waals surface area (Å²) in [5.41, 5.74) is 1.32. The van der Waals surface area contributed by atoms with Gasteiger partial charge in [0.15, 0.2) is 6.10 Å². The topological polar surface area (TPSA) is 64.4 Å². The van der Waals surface area contributed by atoms with Crippen molar-refractivity contribution in [3.63, 3.8) is 0 Å². The van der Waals surface area contributed by atoms with Crippen LogP contribution in [0.1, 0.15) is 53.5 Å². The van der Waals surface area contributed by atoms with E-state index in [2.05, 4.69) is 51.8 Å². The molecule has 1 saturated heterocycles. The van der Waals surface area contributed by atoms with Crippen LogP contribution in [-0.2, 0) is 9.22 Å². The lowest BCUT2D eigenvalue weighted by molar-refractivity contribution is -0.142. The average molecular weight is 310 g/mol. The first-order valence-electron chi connectivity index (χ1n) is 7.68. The van der Waals surface area contributed by atoms with Gasteiger partial charge >= 0.3 is 0 Å². The molecule has 1 N–H and O–H groups in total. The second-order valence-electron chi connectivity index (χ2n) is 6.71. The van der Waals surface area contributed by atoms with Crippen LogP contribution in [0.15, 0.2) is 16.9 Å². The molecule has 5 nitrogen and oxygen atoms in total. The van der Waals surface area contributed by atoms with Crippen molar-refractivity contribution in [3.05, 3.63) is 18.4 Å². The molecule has 1 aliphatic heterocycles. The van der Waals surface area contributed by atoms with Gasteiger partial charge < -0.3 is 14.2 Å². The first-order valence-corrected chi connectivity index (χ1v) is 9.82. The van der Waals surface area contributed by atoms with Crippen molar-refractivity contribution < 1.29 is 13.6 Å². The zero-order chi connectivity index (χ0) is 15.8. The van der Waals surface area contributed by atoms with E-state index in [1.54, 1.807) is 6.20 Å². The van der Waals surface area contributed by atoms with Gasteiger partial charge in [-0.15, -0.1) is 0 Å². The highest BCUT2D eigenvalue weighted by molar-refractivity contribution is 6.77. The van der Waals surface area contributed by atoms with E-state index in [9.17, 15) is 4.79 Å². The molecule has 0 aliphatic carbocycles. The highest BCUT2D eigenvalue weighted by atomic mass is 28.4. The average Bonchev–Trinajstić information content (AvgIpc) is 2.88. The maximum Gasteiger partial charge on any atom is 0.251 e. The number of carbonyl (C=O) groups excluding carboxylic acids is 1. The van der Waals surface area contributed by atoms with Crippen LogP contribution in [0.4, 0.5) is 0 Å². The van der Waals surface area contributed by atoms with Gasteiger partial charge in [0, 0.05) is 0 Å². The molecule has 1 aliphatic rings. The molecule has 6 heteroatoms. The Hall–Kier alpha value is -1.14. The van der Waals surface area contributed by atoms with E-state index in [0.29, 0.717) is 22.5 Å². The predicted octanol–water partition coefficient (Wildman–Crippen LogP) is 3.41. The lowest BCUT2D eigenvalue weighted by Gasteiger charge is -2.47. The van der Waals surface area contributed by atoms with Crippen molar-refractivity contribution in [1.82, 2.24) is 10.3 Å². The number of hydrogen-bond acceptors (Lipinski definition) is 4. The number of amides is 1. The fourth-order valence-electron chi connectivity index (χ4n) is 3.70.